The summed E-state index contributed by atoms with van der Waals surface area (Å²) < 4.78 is 0. The molecule has 150 valence electrons. The van der Waals surface area contributed by atoms with Crippen molar-refractivity contribution in [3.63, 3.8) is 0 Å². The van der Waals surface area contributed by atoms with Gasteiger partial charge in [0.15, 0.2) is 0 Å². The van der Waals surface area contributed by atoms with Crippen molar-refractivity contribution in [3.8, 4) is 0 Å². The summed E-state index contributed by atoms with van der Waals surface area (Å²) in [7, 11) is 0. The van der Waals surface area contributed by atoms with Gasteiger partial charge in [-0.2, -0.15) is 0 Å². The summed E-state index contributed by atoms with van der Waals surface area (Å²) in [5.41, 5.74) is 0. The summed E-state index contributed by atoms with van der Waals surface area (Å²) in [5.74, 6) is 3.90. The fraction of sp³-hybridized carbons (Fsp3) is 0.846. The first-order chi connectivity index (χ1) is 12.8. The third-order valence-corrected chi connectivity index (χ3v) is 6.98. The van der Waals surface area contributed by atoms with Crippen LogP contribution in [0.2, 0.25) is 0 Å². The van der Waals surface area contributed by atoms with E-state index < -0.39 is 0 Å². The smallest absolute Gasteiger partial charge is 0.0233 e. The Balaban J connectivity index is 1.47. The van der Waals surface area contributed by atoms with E-state index in [0.717, 1.165) is 23.7 Å². The van der Waals surface area contributed by atoms with Crippen molar-refractivity contribution in [3.05, 3.63) is 24.3 Å². The first-order valence-electron chi connectivity index (χ1n) is 12.1. The first kappa shape index (κ1) is 21.8. The Morgan fingerprint density at radius 2 is 0.962 bits per heavy atom. The van der Waals surface area contributed by atoms with Gasteiger partial charge in [0.05, 0.1) is 0 Å². The monoisotopic (exact) mass is 358 g/mol. The van der Waals surface area contributed by atoms with E-state index in [9.17, 15) is 0 Å². The van der Waals surface area contributed by atoms with Crippen LogP contribution >= 0.6 is 0 Å². The summed E-state index contributed by atoms with van der Waals surface area (Å²) in [6.45, 7) is 4.55. The molecule has 0 aromatic carbocycles. The molecule has 0 heterocycles. The molecule has 2 saturated carbocycles. The average Bonchev–Trinajstić information content (AvgIpc) is 2.68. The standard InChI is InChI=1S/C26H46/c1-3-5-7-11-23-15-19-25(20-16-23)13-9-10-14-26-21-17-24(18-22-26)12-8-6-4-2/h7-8,11-12,23-26H,3-6,9-10,13-22H2,1-2H3/b11-7+,12-8+. The minimum Gasteiger partial charge on any atom is -0.0883 e. The molecule has 0 aromatic rings. The summed E-state index contributed by atoms with van der Waals surface area (Å²) in [4.78, 5) is 0. The fourth-order valence-corrected chi connectivity index (χ4v) is 5.12. The topological polar surface area (TPSA) is 0 Å². The second kappa shape index (κ2) is 13.6. The van der Waals surface area contributed by atoms with Crippen LogP contribution < -0.4 is 0 Å². The highest BCUT2D eigenvalue weighted by Gasteiger charge is 2.21. The Labute approximate surface area is 164 Å². The molecule has 2 aliphatic rings. The van der Waals surface area contributed by atoms with Crippen molar-refractivity contribution in [2.24, 2.45) is 23.7 Å². The maximum Gasteiger partial charge on any atom is -0.0233 e. The Bertz CT molecular complexity index is 337. The largest absolute Gasteiger partial charge is 0.0883 e. The second-order valence-corrected chi connectivity index (χ2v) is 9.28. The van der Waals surface area contributed by atoms with Crippen molar-refractivity contribution in [2.45, 2.75) is 117 Å². The molecular formula is C26H46. The van der Waals surface area contributed by atoms with Gasteiger partial charge in [-0.25, -0.2) is 0 Å². The molecule has 0 atom stereocenters. The van der Waals surface area contributed by atoms with Gasteiger partial charge in [-0.05, 0) is 87.9 Å². The van der Waals surface area contributed by atoms with Gasteiger partial charge in [0.2, 0.25) is 0 Å². The number of hydrogen-bond donors (Lipinski definition) is 0. The molecule has 26 heavy (non-hydrogen) atoms. The third-order valence-electron chi connectivity index (χ3n) is 6.98. The zero-order chi connectivity index (χ0) is 18.5. The van der Waals surface area contributed by atoms with E-state index in [1.54, 1.807) is 0 Å². The van der Waals surface area contributed by atoms with E-state index in [4.69, 9.17) is 0 Å². The SMILES string of the molecule is CCC/C=C/C1CCC(CCCCC2CCC(/C=C/CCC)CC2)CC1. The fourth-order valence-electron chi connectivity index (χ4n) is 5.12. The molecule has 0 saturated heterocycles. The predicted molar refractivity (Wildman–Crippen MR) is 117 cm³/mol. The minimum atomic E-state index is 0.902. The Morgan fingerprint density at radius 1 is 0.577 bits per heavy atom. The molecule has 2 aliphatic carbocycles. The van der Waals surface area contributed by atoms with E-state index in [-0.39, 0.29) is 0 Å². The lowest BCUT2D eigenvalue weighted by Gasteiger charge is -2.28. The van der Waals surface area contributed by atoms with Gasteiger partial charge in [-0.1, -0.05) is 76.7 Å². The normalized spacial score (nSPS) is 30.4. The quantitative estimate of drug-likeness (QED) is 0.255. The molecule has 2 rings (SSSR count). The highest BCUT2D eigenvalue weighted by atomic mass is 14.3. The summed E-state index contributed by atoms with van der Waals surface area (Å²) >= 11 is 0. The van der Waals surface area contributed by atoms with Crippen LogP contribution in [0.25, 0.3) is 0 Å². The Morgan fingerprint density at radius 3 is 1.31 bits per heavy atom. The van der Waals surface area contributed by atoms with Gasteiger partial charge in [-0.15, -0.1) is 0 Å². The zero-order valence-corrected chi connectivity index (χ0v) is 17.9. The van der Waals surface area contributed by atoms with Crippen LogP contribution in [-0.2, 0) is 0 Å². The van der Waals surface area contributed by atoms with Crippen molar-refractivity contribution < 1.29 is 0 Å². The first-order valence-corrected chi connectivity index (χ1v) is 12.1. The summed E-state index contributed by atoms with van der Waals surface area (Å²) in [5, 5.41) is 0. The van der Waals surface area contributed by atoms with Gasteiger partial charge in [0.1, 0.15) is 0 Å². The lowest BCUT2D eigenvalue weighted by atomic mass is 9.78. The molecule has 0 unspecified atom stereocenters. The molecule has 0 radical (unpaired) electrons. The number of unbranched alkanes of at least 4 members (excludes halogenated alkanes) is 3. The molecule has 0 amide bonds. The minimum absolute atomic E-state index is 0.902. The van der Waals surface area contributed by atoms with Gasteiger partial charge in [0.25, 0.3) is 0 Å². The maximum atomic E-state index is 2.52. The molecule has 0 spiro atoms. The van der Waals surface area contributed by atoms with Crippen LogP contribution in [0.1, 0.15) is 117 Å². The lowest BCUT2D eigenvalue weighted by molar-refractivity contribution is 0.268. The number of hydrogen-bond acceptors (Lipinski definition) is 0. The highest BCUT2D eigenvalue weighted by Crippen LogP contribution is 2.35. The molecule has 0 N–H and O–H groups in total. The van der Waals surface area contributed by atoms with E-state index in [2.05, 4.69) is 38.2 Å². The number of allylic oxidation sites excluding steroid dienone is 4. The van der Waals surface area contributed by atoms with Gasteiger partial charge >= 0.3 is 0 Å². The Kier molecular flexibility index (Phi) is 11.4. The third kappa shape index (κ3) is 8.92. The van der Waals surface area contributed by atoms with E-state index in [0.29, 0.717) is 0 Å². The van der Waals surface area contributed by atoms with E-state index in [1.165, 1.54) is 103 Å². The summed E-state index contributed by atoms with van der Waals surface area (Å²) in [6, 6.07) is 0. The van der Waals surface area contributed by atoms with Gasteiger partial charge < -0.3 is 0 Å². The van der Waals surface area contributed by atoms with Crippen LogP contribution in [0.15, 0.2) is 24.3 Å². The molecule has 0 nitrogen and oxygen atoms in total. The molecule has 0 heteroatoms. The van der Waals surface area contributed by atoms with Crippen LogP contribution in [0.4, 0.5) is 0 Å². The van der Waals surface area contributed by atoms with Crippen LogP contribution in [0, 0.1) is 23.7 Å². The van der Waals surface area contributed by atoms with Crippen molar-refractivity contribution in [2.75, 3.05) is 0 Å². The molecule has 2 fully saturated rings. The van der Waals surface area contributed by atoms with Crippen molar-refractivity contribution in [1.82, 2.24) is 0 Å². The lowest BCUT2D eigenvalue weighted by Crippen LogP contribution is -2.14. The van der Waals surface area contributed by atoms with Gasteiger partial charge in [-0.3, -0.25) is 0 Å². The molecule has 0 bridgehead atoms. The second-order valence-electron chi connectivity index (χ2n) is 9.28. The van der Waals surface area contributed by atoms with Crippen LogP contribution in [0.3, 0.4) is 0 Å². The van der Waals surface area contributed by atoms with Gasteiger partial charge in [0, 0.05) is 0 Å². The molecule has 0 aliphatic heterocycles. The van der Waals surface area contributed by atoms with Crippen molar-refractivity contribution in [1.29, 1.82) is 0 Å². The maximum absolute atomic E-state index is 2.52. The predicted octanol–water partition coefficient (Wildman–Crippen LogP) is 8.87. The van der Waals surface area contributed by atoms with E-state index >= 15 is 0 Å². The number of rotatable bonds is 11. The van der Waals surface area contributed by atoms with E-state index in [1.807, 2.05) is 0 Å². The van der Waals surface area contributed by atoms with Crippen LogP contribution in [-0.4, -0.2) is 0 Å². The molecule has 0 aromatic heterocycles. The average molecular weight is 359 g/mol. The van der Waals surface area contributed by atoms with Crippen LogP contribution in [0.5, 0.6) is 0 Å². The highest BCUT2D eigenvalue weighted by molar-refractivity contribution is 4.92. The van der Waals surface area contributed by atoms with Crippen molar-refractivity contribution >= 4 is 0 Å². The molecular weight excluding hydrogens is 312 g/mol. The zero-order valence-electron chi connectivity index (χ0n) is 17.9. The summed E-state index contributed by atoms with van der Waals surface area (Å²) in [6.07, 6.45) is 32.9. The Hall–Kier alpha value is -0.520.